The standard InChI is InChI=1S/C20H19N3O2/c21-13-15-6-8-17(9-7-15)19(24)22-14-16-4-3-5-18(12-16)20(25)23-10-1-2-11-23/h3-9,12H,1-2,10-11,14H2,(H,22,24). The molecule has 0 aliphatic carbocycles. The van der Waals surface area contributed by atoms with Gasteiger partial charge in [-0.3, -0.25) is 9.59 Å². The zero-order chi connectivity index (χ0) is 17.6. The van der Waals surface area contributed by atoms with Crippen LogP contribution in [0.3, 0.4) is 0 Å². The zero-order valence-electron chi connectivity index (χ0n) is 13.9. The van der Waals surface area contributed by atoms with Gasteiger partial charge in [0.25, 0.3) is 11.8 Å². The first-order valence-electron chi connectivity index (χ1n) is 8.34. The summed E-state index contributed by atoms with van der Waals surface area (Å²) in [5.74, 6) is -0.154. The summed E-state index contributed by atoms with van der Waals surface area (Å²) < 4.78 is 0. The molecule has 1 N–H and O–H groups in total. The fourth-order valence-electron chi connectivity index (χ4n) is 2.90. The van der Waals surface area contributed by atoms with Crippen molar-refractivity contribution in [2.45, 2.75) is 19.4 Å². The number of amides is 2. The highest BCUT2D eigenvalue weighted by Gasteiger charge is 2.19. The van der Waals surface area contributed by atoms with Crippen LogP contribution in [0, 0.1) is 11.3 Å². The summed E-state index contributed by atoms with van der Waals surface area (Å²) in [6, 6.07) is 15.9. The monoisotopic (exact) mass is 333 g/mol. The second kappa shape index (κ2) is 7.63. The Labute approximate surface area is 146 Å². The van der Waals surface area contributed by atoms with Gasteiger partial charge in [-0.1, -0.05) is 12.1 Å². The quantitative estimate of drug-likeness (QED) is 0.935. The van der Waals surface area contributed by atoms with E-state index in [1.165, 1.54) is 0 Å². The molecule has 1 heterocycles. The van der Waals surface area contributed by atoms with Gasteiger partial charge in [0, 0.05) is 30.8 Å². The Morgan fingerprint density at radius 1 is 1.04 bits per heavy atom. The topological polar surface area (TPSA) is 73.2 Å². The Hall–Kier alpha value is -3.13. The van der Waals surface area contributed by atoms with Crippen LogP contribution >= 0.6 is 0 Å². The molecule has 3 rings (SSSR count). The van der Waals surface area contributed by atoms with E-state index in [9.17, 15) is 9.59 Å². The summed E-state index contributed by atoms with van der Waals surface area (Å²) in [7, 11) is 0. The van der Waals surface area contributed by atoms with Crippen LogP contribution in [-0.2, 0) is 6.54 Å². The molecular weight excluding hydrogens is 314 g/mol. The fraction of sp³-hybridized carbons (Fsp3) is 0.250. The molecule has 1 aliphatic rings. The van der Waals surface area contributed by atoms with Crippen molar-refractivity contribution in [1.29, 1.82) is 5.26 Å². The van der Waals surface area contributed by atoms with Gasteiger partial charge in [0.1, 0.15) is 0 Å². The van der Waals surface area contributed by atoms with Gasteiger partial charge in [-0.15, -0.1) is 0 Å². The molecular formula is C20H19N3O2. The second-order valence-corrected chi connectivity index (χ2v) is 6.07. The van der Waals surface area contributed by atoms with E-state index in [1.54, 1.807) is 24.3 Å². The normalized spacial score (nSPS) is 13.3. The van der Waals surface area contributed by atoms with Crippen LogP contribution in [0.25, 0.3) is 0 Å². The molecule has 25 heavy (non-hydrogen) atoms. The van der Waals surface area contributed by atoms with Gasteiger partial charge < -0.3 is 10.2 Å². The van der Waals surface area contributed by atoms with Gasteiger partial charge in [0.05, 0.1) is 11.6 Å². The van der Waals surface area contributed by atoms with Crippen molar-refractivity contribution in [3.63, 3.8) is 0 Å². The van der Waals surface area contributed by atoms with Gasteiger partial charge in [0.15, 0.2) is 0 Å². The maximum atomic E-state index is 12.4. The van der Waals surface area contributed by atoms with Crippen LogP contribution in [0.5, 0.6) is 0 Å². The number of nitrogens with one attached hydrogen (secondary N) is 1. The summed E-state index contributed by atoms with van der Waals surface area (Å²) >= 11 is 0. The average molecular weight is 333 g/mol. The van der Waals surface area contributed by atoms with E-state index in [4.69, 9.17) is 5.26 Å². The highest BCUT2D eigenvalue weighted by Crippen LogP contribution is 2.14. The maximum absolute atomic E-state index is 12.4. The molecule has 2 amide bonds. The average Bonchev–Trinajstić information content (AvgIpc) is 3.20. The molecule has 0 spiro atoms. The van der Waals surface area contributed by atoms with Gasteiger partial charge >= 0.3 is 0 Å². The Bertz CT molecular complexity index is 816. The third-order valence-corrected chi connectivity index (χ3v) is 4.30. The molecule has 2 aromatic rings. The van der Waals surface area contributed by atoms with E-state index >= 15 is 0 Å². The van der Waals surface area contributed by atoms with E-state index in [-0.39, 0.29) is 11.8 Å². The van der Waals surface area contributed by atoms with E-state index in [0.29, 0.717) is 23.2 Å². The highest BCUT2D eigenvalue weighted by atomic mass is 16.2. The number of carbonyl (C=O) groups is 2. The van der Waals surface area contributed by atoms with Gasteiger partial charge in [-0.25, -0.2) is 0 Å². The minimum atomic E-state index is -0.208. The summed E-state index contributed by atoms with van der Waals surface area (Å²) in [4.78, 5) is 26.5. The Kier molecular flexibility index (Phi) is 5.10. The molecule has 5 heteroatoms. The summed E-state index contributed by atoms with van der Waals surface area (Å²) in [6.07, 6.45) is 2.12. The van der Waals surface area contributed by atoms with Crippen LogP contribution in [-0.4, -0.2) is 29.8 Å². The molecule has 0 bridgehead atoms. The largest absolute Gasteiger partial charge is 0.348 e. The Balaban J connectivity index is 1.62. The number of hydrogen-bond acceptors (Lipinski definition) is 3. The van der Waals surface area contributed by atoms with Crippen molar-refractivity contribution in [2.24, 2.45) is 0 Å². The summed E-state index contributed by atoms with van der Waals surface area (Å²) in [5, 5.41) is 11.6. The van der Waals surface area contributed by atoms with Crippen molar-refractivity contribution < 1.29 is 9.59 Å². The van der Waals surface area contributed by atoms with E-state index < -0.39 is 0 Å². The lowest BCUT2D eigenvalue weighted by Gasteiger charge is -2.15. The van der Waals surface area contributed by atoms with Crippen molar-refractivity contribution in [1.82, 2.24) is 10.2 Å². The SMILES string of the molecule is N#Cc1ccc(C(=O)NCc2cccc(C(=O)N3CCCC3)c2)cc1. The van der Waals surface area contributed by atoms with Gasteiger partial charge in [-0.2, -0.15) is 5.26 Å². The van der Waals surface area contributed by atoms with Crippen LogP contribution in [0.15, 0.2) is 48.5 Å². The molecule has 1 fully saturated rings. The smallest absolute Gasteiger partial charge is 0.253 e. The van der Waals surface area contributed by atoms with Crippen molar-refractivity contribution in [3.8, 4) is 6.07 Å². The Morgan fingerprint density at radius 3 is 2.44 bits per heavy atom. The summed E-state index contributed by atoms with van der Waals surface area (Å²) in [5.41, 5.74) is 2.56. The number of hydrogen-bond donors (Lipinski definition) is 1. The number of likely N-dealkylation sites (tertiary alicyclic amines) is 1. The fourth-order valence-corrected chi connectivity index (χ4v) is 2.90. The molecule has 0 radical (unpaired) electrons. The molecule has 1 saturated heterocycles. The minimum Gasteiger partial charge on any atom is -0.348 e. The lowest BCUT2D eigenvalue weighted by molar-refractivity contribution is 0.0792. The first-order chi connectivity index (χ1) is 12.2. The molecule has 0 unspecified atom stereocenters. The lowest BCUT2D eigenvalue weighted by atomic mass is 10.1. The first kappa shape index (κ1) is 16.7. The van der Waals surface area contributed by atoms with Crippen LogP contribution in [0.2, 0.25) is 0 Å². The zero-order valence-corrected chi connectivity index (χ0v) is 13.9. The van der Waals surface area contributed by atoms with E-state index in [1.807, 2.05) is 35.2 Å². The van der Waals surface area contributed by atoms with Crippen molar-refractivity contribution in [2.75, 3.05) is 13.1 Å². The molecule has 126 valence electrons. The molecule has 1 aliphatic heterocycles. The number of nitrogens with zero attached hydrogens (tertiary/aromatic N) is 2. The number of carbonyl (C=O) groups excluding carboxylic acids is 2. The molecule has 2 aromatic carbocycles. The molecule has 5 nitrogen and oxygen atoms in total. The van der Waals surface area contributed by atoms with Crippen LogP contribution < -0.4 is 5.32 Å². The highest BCUT2D eigenvalue weighted by molar-refractivity contribution is 5.95. The molecule has 0 saturated carbocycles. The third kappa shape index (κ3) is 4.04. The van der Waals surface area contributed by atoms with Gasteiger partial charge in [-0.05, 0) is 54.8 Å². The number of nitriles is 1. The third-order valence-electron chi connectivity index (χ3n) is 4.30. The molecule has 0 atom stereocenters. The van der Waals surface area contributed by atoms with E-state index in [2.05, 4.69) is 5.32 Å². The van der Waals surface area contributed by atoms with Crippen molar-refractivity contribution in [3.05, 3.63) is 70.8 Å². The van der Waals surface area contributed by atoms with Crippen LogP contribution in [0.1, 0.15) is 44.7 Å². The van der Waals surface area contributed by atoms with Gasteiger partial charge in [0.2, 0.25) is 0 Å². The maximum Gasteiger partial charge on any atom is 0.253 e. The lowest BCUT2D eigenvalue weighted by Crippen LogP contribution is -2.28. The number of benzene rings is 2. The van der Waals surface area contributed by atoms with Crippen LogP contribution in [0.4, 0.5) is 0 Å². The number of rotatable bonds is 4. The second-order valence-electron chi connectivity index (χ2n) is 6.07. The molecule has 0 aromatic heterocycles. The minimum absolute atomic E-state index is 0.0535. The van der Waals surface area contributed by atoms with Crippen molar-refractivity contribution >= 4 is 11.8 Å². The summed E-state index contributed by atoms with van der Waals surface area (Å²) in [6.45, 7) is 1.98. The first-order valence-corrected chi connectivity index (χ1v) is 8.34. The Morgan fingerprint density at radius 2 is 1.76 bits per heavy atom. The predicted molar refractivity (Wildman–Crippen MR) is 93.9 cm³/mol. The predicted octanol–water partition coefficient (Wildman–Crippen LogP) is 2.72. The van der Waals surface area contributed by atoms with E-state index in [0.717, 1.165) is 31.5 Å².